The first-order valence-corrected chi connectivity index (χ1v) is 7.33. The lowest BCUT2D eigenvalue weighted by molar-refractivity contribution is -0.148. The van der Waals surface area contributed by atoms with E-state index in [1.165, 1.54) is 23.2 Å². The van der Waals surface area contributed by atoms with Crippen molar-refractivity contribution in [3.8, 4) is 0 Å². The second kappa shape index (κ2) is 8.72. The van der Waals surface area contributed by atoms with Crippen LogP contribution in [0.3, 0.4) is 0 Å². The molecule has 1 unspecified atom stereocenters. The number of ether oxygens (including phenoxy) is 2. The molecule has 0 amide bonds. The normalized spacial score (nSPS) is 14.7. The second-order valence-electron chi connectivity index (χ2n) is 4.20. The van der Waals surface area contributed by atoms with Gasteiger partial charge in [0.2, 0.25) is 0 Å². The molecule has 0 rings (SSSR count). The summed E-state index contributed by atoms with van der Waals surface area (Å²) in [7, 11) is 1.20. The van der Waals surface area contributed by atoms with Crippen LogP contribution in [0.25, 0.3) is 0 Å². The van der Waals surface area contributed by atoms with Crippen LogP contribution < -0.4 is 0 Å². The summed E-state index contributed by atoms with van der Waals surface area (Å²) in [6, 6.07) is 1.22. The third kappa shape index (κ3) is 6.25. The van der Waals surface area contributed by atoms with Gasteiger partial charge in [0.25, 0.3) is 0 Å². The third-order valence-electron chi connectivity index (χ3n) is 2.72. The van der Waals surface area contributed by atoms with Gasteiger partial charge in [-0.25, -0.2) is 0 Å². The summed E-state index contributed by atoms with van der Waals surface area (Å²) < 4.78 is 10.5. The molecule has 0 aliphatic rings. The minimum atomic E-state index is -0.434. The zero-order valence-electron chi connectivity index (χ0n) is 10.6. The molecule has 0 aliphatic heterocycles. The maximum atomic E-state index is 10.8. The molecule has 96 valence electrons. The molecule has 0 saturated heterocycles. The fraction of sp³-hybridized carbons (Fsp3) is 0.909. The predicted octanol–water partition coefficient (Wildman–Crippen LogP) is 0.129. The second-order valence-corrected chi connectivity index (χ2v) is 5.20. The van der Waals surface area contributed by atoms with Crippen molar-refractivity contribution < 1.29 is 19.4 Å². The Kier molecular flexibility index (Phi) is 8.51. The summed E-state index contributed by atoms with van der Waals surface area (Å²) in [5.74, 6) is -0.314. The summed E-state index contributed by atoms with van der Waals surface area (Å²) in [5, 5.41) is 9.38. The molecule has 0 aromatic rings. The van der Waals surface area contributed by atoms with Gasteiger partial charge in [0.05, 0.1) is 18.6 Å². The SMILES string of the molecule is CCC(CO)(COCCC[SiH3])COC(C)=O. The average molecular weight is 248 g/mol. The number of rotatable bonds is 9. The van der Waals surface area contributed by atoms with Crippen LogP contribution in [0.5, 0.6) is 0 Å². The molecule has 16 heavy (non-hydrogen) atoms. The number of carbonyl (C=O) groups is 1. The molecule has 5 heteroatoms. The third-order valence-corrected chi connectivity index (χ3v) is 3.42. The number of aliphatic hydroxyl groups is 1. The number of aliphatic hydroxyl groups excluding tert-OH is 1. The lowest BCUT2D eigenvalue weighted by atomic mass is 9.88. The van der Waals surface area contributed by atoms with Crippen molar-refractivity contribution in [2.45, 2.75) is 32.7 Å². The molecular formula is C11H24O4Si. The minimum Gasteiger partial charge on any atom is -0.465 e. The molecular weight excluding hydrogens is 224 g/mol. The Hall–Kier alpha value is -0.393. The van der Waals surface area contributed by atoms with Crippen molar-refractivity contribution in [3.05, 3.63) is 0 Å². The van der Waals surface area contributed by atoms with Crippen LogP contribution >= 0.6 is 0 Å². The van der Waals surface area contributed by atoms with Gasteiger partial charge in [0, 0.05) is 23.8 Å². The van der Waals surface area contributed by atoms with Crippen LogP contribution in [0.2, 0.25) is 6.04 Å². The van der Waals surface area contributed by atoms with Crippen LogP contribution in [0, 0.1) is 5.41 Å². The van der Waals surface area contributed by atoms with Gasteiger partial charge in [-0.3, -0.25) is 4.79 Å². The molecule has 4 nitrogen and oxygen atoms in total. The van der Waals surface area contributed by atoms with Crippen molar-refractivity contribution >= 4 is 16.2 Å². The van der Waals surface area contributed by atoms with E-state index in [0.717, 1.165) is 19.4 Å². The topological polar surface area (TPSA) is 55.8 Å². The van der Waals surface area contributed by atoms with Crippen LogP contribution in [0.1, 0.15) is 26.7 Å². The van der Waals surface area contributed by atoms with Crippen molar-refractivity contribution in [2.24, 2.45) is 5.41 Å². The van der Waals surface area contributed by atoms with Gasteiger partial charge in [-0.1, -0.05) is 13.0 Å². The van der Waals surface area contributed by atoms with E-state index >= 15 is 0 Å². The summed E-state index contributed by atoms with van der Waals surface area (Å²) in [5.41, 5.74) is -0.434. The highest BCUT2D eigenvalue weighted by Gasteiger charge is 2.29. The van der Waals surface area contributed by atoms with Crippen LogP contribution in [0.15, 0.2) is 0 Å². The fourth-order valence-electron chi connectivity index (χ4n) is 1.24. The number of esters is 1. The highest BCUT2D eigenvalue weighted by atomic mass is 28.1. The number of hydrogen-bond donors (Lipinski definition) is 1. The Labute approximate surface area is 101 Å². The molecule has 0 aromatic carbocycles. The maximum Gasteiger partial charge on any atom is 0.302 e. The van der Waals surface area contributed by atoms with Crippen molar-refractivity contribution in [1.82, 2.24) is 0 Å². The van der Waals surface area contributed by atoms with Crippen molar-refractivity contribution in [2.75, 3.05) is 26.4 Å². The lowest BCUT2D eigenvalue weighted by Crippen LogP contribution is -2.36. The zero-order valence-corrected chi connectivity index (χ0v) is 12.6. The lowest BCUT2D eigenvalue weighted by Gasteiger charge is -2.29. The fourth-order valence-corrected chi connectivity index (χ4v) is 1.53. The molecule has 0 bridgehead atoms. The molecule has 0 spiro atoms. The van der Waals surface area contributed by atoms with Gasteiger partial charge in [-0.05, 0) is 12.8 Å². The van der Waals surface area contributed by atoms with Gasteiger partial charge in [0.15, 0.2) is 0 Å². The highest BCUT2D eigenvalue weighted by Crippen LogP contribution is 2.22. The first kappa shape index (κ1) is 15.6. The van der Waals surface area contributed by atoms with E-state index in [9.17, 15) is 9.90 Å². The standard InChI is InChI=1S/C11H24O4Si/c1-3-11(7-12,9-15-10(2)13)8-14-5-4-6-16/h12H,3-9H2,1-2,16H3. The molecule has 0 saturated carbocycles. The Morgan fingerprint density at radius 1 is 1.44 bits per heavy atom. The molecule has 1 N–H and O–H groups in total. The van der Waals surface area contributed by atoms with Crippen LogP contribution in [-0.2, 0) is 14.3 Å². The molecule has 0 radical (unpaired) electrons. The first-order chi connectivity index (χ1) is 7.60. The summed E-state index contributed by atoms with van der Waals surface area (Å²) in [4.78, 5) is 10.8. The van der Waals surface area contributed by atoms with Gasteiger partial charge < -0.3 is 14.6 Å². The van der Waals surface area contributed by atoms with Gasteiger partial charge in [0.1, 0.15) is 6.61 Å². The maximum absolute atomic E-state index is 10.8. The Bertz CT molecular complexity index is 192. The van der Waals surface area contributed by atoms with E-state index in [4.69, 9.17) is 9.47 Å². The highest BCUT2D eigenvalue weighted by molar-refractivity contribution is 6.08. The molecule has 0 fully saturated rings. The van der Waals surface area contributed by atoms with E-state index < -0.39 is 5.41 Å². The van der Waals surface area contributed by atoms with E-state index in [1.54, 1.807) is 0 Å². The predicted molar refractivity (Wildman–Crippen MR) is 66.6 cm³/mol. The molecule has 0 aromatic heterocycles. The first-order valence-electron chi connectivity index (χ1n) is 5.92. The molecule has 0 aliphatic carbocycles. The van der Waals surface area contributed by atoms with Gasteiger partial charge in [-0.15, -0.1) is 0 Å². The Balaban J connectivity index is 4.04. The summed E-state index contributed by atoms with van der Waals surface area (Å²) in [6.45, 7) is 4.74. The summed E-state index contributed by atoms with van der Waals surface area (Å²) in [6.07, 6.45) is 1.81. The van der Waals surface area contributed by atoms with Crippen LogP contribution in [-0.4, -0.2) is 47.7 Å². The smallest absolute Gasteiger partial charge is 0.302 e. The number of carbonyl (C=O) groups excluding carboxylic acids is 1. The zero-order chi connectivity index (χ0) is 12.4. The summed E-state index contributed by atoms with van der Waals surface area (Å²) >= 11 is 0. The van der Waals surface area contributed by atoms with E-state index in [2.05, 4.69) is 0 Å². The van der Waals surface area contributed by atoms with Crippen molar-refractivity contribution in [1.29, 1.82) is 0 Å². The van der Waals surface area contributed by atoms with Crippen LogP contribution in [0.4, 0.5) is 0 Å². The number of hydrogen-bond acceptors (Lipinski definition) is 4. The van der Waals surface area contributed by atoms with E-state index in [0.29, 0.717) is 6.61 Å². The average Bonchev–Trinajstić information content (AvgIpc) is 2.29. The van der Waals surface area contributed by atoms with Gasteiger partial charge in [-0.2, -0.15) is 0 Å². The largest absolute Gasteiger partial charge is 0.465 e. The quantitative estimate of drug-likeness (QED) is 0.358. The van der Waals surface area contributed by atoms with E-state index in [1.807, 2.05) is 6.92 Å². The monoisotopic (exact) mass is 248 g/mol. The van der Waals surface area contributed by atoms with E-state index in [-0.39, 0.29) is 19.2 Å². The Morgan fingerprint density at radius 2 is 2.12 bits per heavy atom. The van der Waals surface area contributed by atoms with Gasteiger partial charge >= 0.3 is 5.97 Å². The molecule has 0 heterocycles. The minimum absolute atomic E-state index is 0.0162. The Morgan fingerprint density at radius 3 is 2.56 bits per heavy atom. The van der Waals surface area contributed by atoms with Crippen molar-refractivity contribution in [3.63, 3.8) is 0 Å². The molecule has 1 atom stereocenters.